The van der Waals surface area contributed by atoms with Crippen LogP contribution in [0.25, 0.3) is 11.0 Å². The van der Waals surface area contributed by atoms with Crippen LogP contribution >= 0.6 is 0 Å². The highest BCUT2D eigenvalue weighted by Crippen LogP contribution is 2.19. The summed E-state index contributed by atoms with van der Waals surface area (Å²) in [4.78, 5) is 27.2. The Hall–Kier alpha value is -2.86. The van der Waals surface area contributed by atoms with Crippen LogP contribution in [-0.2, 0) is 20.6 Å². The fourth-order valence-corrected chi connectivity index (χ4v) is 4.10. The second-order valence-corrected chi connectivity index (χ2v) is 7.95. The number of anilines is 1. The van der Waals surface area contributed by atoms with Crippen LogP contribution in [0.5, 0.6) is 0 Å². The lowest BCUT2D eigenvalue weighted by Crippen LogP contribution is -2.24. The molecule has 0 unspecified atom stereocenters. The van der Waals surface area contributed by atoms with E-state index in [0.29, 0.717) is 11.3 Å². The van der Waals surface area contributed by atoms with Crippen molar-refractivity contribution in [1.29, 1.82) is 0 Å². The van der Waals surface area contributed by atoms with E-state index in [1.165, 1.54) is 31.2 Å². The number of nitrogens with zero attached hydrogens (tertiary/aromatic N) is 3. The maximum Gasteiger partial charge on any atom is 0.328 e. The van der Waals surface area contributed by atoms with E-state index in [4.69, 9.17) is 0 Å². The fourth-order valence-electron chi connectivity index (χ4n) is 4.10. The molecule has 0 radical (unpaired) electrons. The summed E-state index contributed by atoms with van der Waals surface area (Å²) in [5.74, 6) is -0.147. The third-order valence-corrected chi connectivity index (χ3v) is 5.85. The SMILES string of the molecule is Cn1c(=O)n(C)c2cc(NC(=O)c3ccc(CN4CCCCCC4)cc3)ccc21. The lowest BCUT2D eigenvalue weighted by atomic mass is 10.1. The van der Waals surface area contributed by atoms with E-state index in [1.54, 1.807) is 23.2 Å². The lowest BCUT2D eigenvalue weighted by Gasteiger charge is -2.19. The average Bonchev–Trinajstić information content (AvgIpc) is 2.92. The highest BCUT2D eigenvalue weighted by atomic mass is 16.2. The van der Waals surface area contributed by atoms with Crippen LogP contribution in [0, 0.1) is 0 Å². The van der Waals surface area contributed by atoms with Gasteiger partial charge in [-0.2, -0.15) is 0 Å². The quantitative estimate of drug-likeness (QED) is 0.739. The smallest absolute Gasteiger partial charge is 0.322 e. The number of fused-ring (bicyclic) bond motifs is 1. The Kier molecular flexibility index (Phi) is 5.53. The number of aromatic nitrogens is 2. The van der Waals surface area contributed by atoms with E-state index in [-0.39, 0.29) is 11.6 Å². The molecular weight excluding hydrogens is 364 g/mol. The first-order valence-electron chi connectivity index (χ1n) is 10.3. The minimum Gasteiger partial charge on any atom is -0.322 e. The number of hydrogen-bond donors (Lipinski definition) is 1. The number of likely N-dealkylation sites (tertiary alicyclic amines) is 1. The number of amides is 1. The van der Waals surface area contributed by atoms with Gasteiger partial charge in [-0.25, -0.2) is 4.79 Å². The summed E-state index contributed by atoms with van der Waals surface area (Å²) in [5.41, 5.74) is 4.10. The zero-order valence-corrected chi connectivity index (χ0v) is 17.1. The van der Waals surface area contributed by atoms with Gasteiger partial charge in [-0.1, -0.05) is 25.0 Å². The number of carbonyl (C=O) groups is 1. The highest BCUT2D eigenvalue weighted by molar-refractivity contribution is 6.05. The maximum absolute atomic E-state index is 12.7. The first-order chi connectivity index (χ1) is 14.0. The van der Waals surface area contributed by atoms with Crippen molar-refractivity contribution in [3.05, 3.63) is 64.1 Å². The number of nitrogens with one attached hydrogen (secondary N) is 1. The molecule has 152 valence electrons. The molecule has 4 rings (SSSR count). The zero-order chi connectivity index (χ0) is 20.4. The Morgan fingerprint density at radius 3 is 2.24 bits per heavy atom. The predicted molar refractivity (Wildman–Crippen MR) is 116 cm³/mol. The molecule has 1 saturated heterocycles. The van der Waals surface area contributed by atoms with Crippen molar-refractivity contribution in [1.82, 2.24) is 14.0 Å². The van der Waals surface area contributed by atoms with Gasteiger partial charge in [0.15, 0.2) is 0 Å². The van der Waals surface area contributed by atoms with Gasteiger partial charge in [0.05, 0.1) is 11.0 Å². The lowest BCUT2D eigenvalue weighted by molar-refractivity contribution is 0.102. The van der Waals surface area contributed by atoms with Crippen molar-refractivity contribution in [2.45, 2.75) is 32.2 Å². The molecule has 0 spiro atoms. The Bertz CT molecular complexity index is 1070. The van der Waals surface area contributed by atoms with E-state index in [1.807, 2.05) is 42.5 Å². The van der Waals surface area contributed by atoms with Gasteiger partial charge in [-0.15, -0.1) is 0 Å². The van der Waals surface area contributed by atoms with Crippen molar-refractivity contribution in [2.24, 2.45) is 14.1 Å². The van der Waals surface area contributed by atoms with Crippen LogP contribution in [0.3, 0.4) is 0 Å². The number of benzene rings is 2. The normalized spacial score (nSPS) is 15.4. The predicted octanol–water partition coefficient (Wildman–Crippen LogP) is 3.51. The molecule has 6 heteroatoms. The molecule has 2 heterocycles. The van der Waals surface area contributed by atoms with Crippen molar-refractivity contribution < 1.29 is 4.79 Å². The third-order valence-electron chi connectivity index (χ3n) is 5.85. The van der Waals surface area contributed by atoms with Gasteiger partial charge in [0.1, 0.15) is 0 Å². The Morgan fingerprint density at radius 1 is 0.897 bits per heavy atom. The summed E-state index contributed by atoms with van der Waals surface area (Å²) in [5, 5.41) is 2.94. The van der Waals surface area contributed by atoms with Crippen molar-refractivity contribution in [3.63, 3.8) is 0 Å². The first kappa shape index (κ1) is 19.5. The number of imidazole rings is 1. The van der Waals surface area contributed by atoms with E-state index in [9.17, 15) is 9.59 Å². The Balaban J connectivity index is 1.45. The topological polar surface area (TPSA) is 59.3 Å². The average molecular weight is 393 g/mol. The Morgan fingerprint density at radius 2 is 1.55 bits per heavy atom. The van der Waals surface area contributed by atoms with Crippen LogP contribution < -0.4 is 11.0 Å². The van der Waals surface area contributed by atoms with Gasteiger partial charge in [0.2, 0.25) is 0 Å². The van der Waals surface area contributed by atoms with Crippen LogP contribution in [0.4, 0.5) is 5.69 Å². The van der Waals surface area contributed by atoms with Gasteiger partial charge in [0, 0.05) is 31.9 Å². The maximum atomic E-state index is 12.7. The molecule has 1 aromatic heterocycles. The molecule has 0 saturated carbocycles. The second kappa shape index (κ2) is 8.25. The van der Waals surface area contributed by atoms with Crippen LogP contribution in [0.1, 0.15) is 41.6 Å². The molecule has 0 atom stereocenters. The molecule has 0 aliphatic carbocycles. The summed E-state index contributed by atoms with van der Waals surface area (Å²) in [6.07, 6.45) is 5.22. The largest absolute Gasteiger partial charge is 0.328 e. The third kappa shape index (κ3) is 4.12. The van der Waals surface area contributed by atoms with E-state index in [2.05, 4.69) is 10.2 Å². The van der Waals surface area contributed by atoms with Gasteiger partial charge in [-0.3, -0.25) is 18.8 Å². The van der Waals surface area contributed by atoms with Crippen LogP contribution in [0.2, 0.25) is 0 Å². The number of aryl methyl sites for hydroxylation is 2. The molecule has 1 fully saturated rings. The Labute approximate surface area is 170 Å². The minimum absolute atomic E-state index is 0.0801. The molecule has 29 heavy (non-hydrogen) atoms. The van der Waals surface area contributed by atoms with E-state index < -0.39 is 0 Å². The van der Waals surface area contributed by atoms with E-state index >= 15 is 0 Å². The van der Waals surface area contributed by atoms with Gasteiger partial charge in [-0.05, 0) is 61.8 Å². The second-order valence-electron chi connectivity index (χ2n) is 7.95. The standard InChI is InChI=1S/C23H28N4O2/c1-25-20-12-11-19(15-21(20)26(2)23(25)29)24-22(28)18-9-7-17(8-10-18)16-27-13-5-3-4-6-14-27/h7-12,15H,3-6,13-14,16H2,1-2H3,(H,24,28). The first-order valence-corrected chi connectivity index (χ1v) is 10.3. The number of carbonyl (C=O) groups excluding carboxylic acids is 1. The molecule has 1 amide bonds. The molecule has 1 aliphatic heterocycles. The molecule has 0 bridgehead atoms. The summed E-state index contributed by atoms with van der Waals surface area (Å²) in [6.45, 7) is 3.26. The minimum atomic E-state index is -0.147. The van der Waals surface area contributed by atoms with Crippen molar-refractivity contribution in [2.75, 3.05) is 18.4 Å². The number of hydrogen-bond acceptors (Lipinski definition) is 3. The van der Waals surface area contributed by atoms with Crippen LogP contribution in [0.15, 0.2) is 47.3 Å². The zero-order valence-electron chi connectivity index (χ0n) is 17.1. The highest BCUT2D eigenvalue weighted by Gasteiger charge is 2.12. The van der Waals surface area contributed by atoms with Gasteiger partial charge < -0.3 is 5.32 Å². The molecule has 3 aromatic rings. The van der Waals surface area contributed by atoms with E-state index in [0.717, 1.165) is 30.7 Å². The van der Waals surface area contributed by atoms with Gasteiger partial charge in [0.25, 0.3) is 5.91 Å². The van der Waals surface area contributed by atoms with Crippen molar-refractivity contribution in [3.8, 4) is 0 Å². The summed E-state index contributed by atoms with van der Waals surface area (Å²) < 4.78 is 3.19. The molecule has 1 aliphatic rings. The summed E-state index contributed by atoms with van der Waals surface area (Å²) in [7, 11) is 3.48. The van der Waals surface area contributed by atoms with Crippen molar-refractivity contribution >= 4 is 22.6 Å². The fraction of sp³-hybridized carbons (Fsp3) is 0.391. The molecule has 6 nitrogen and oxygen atoms in total. The molecular formula is C23H28N4O2. The summed E-state index contributed by atoms with van der Waals surface area (Å²) >= 11 is 0. The monoisotopic (exact) mass is 392 g/mol. The molecule has 2 aromatic carbocycles. The summed E-state index contributed by atoms with van der Waals surface area (Å²) in [6, 6.07) is 13.4. The van der Waals surface area contributed by atoms with Gasteiger partial charge >= 0.3 is 5.69 Å². The number of rotatable bonds is 4. The molecule has 1 N–H and O–H groups in total. The van der Waals surface area contributed by atoms with Crippen LogP contribution in [-0.4, -0.2) is 33.0 Å².